The van der Waals surface area contributed by atoms with E-state index in [0.29, 0.717) is 17.3 Å². The van der Waals surface area contributed by atoms with Crippen molar-refractivity contribution in [1.82, 2.24) is 4.98 Å². The van der Waals surface area contributed by atoms with Gasteiger partial charge in [0.15, 0.2) is 11.5 Å². The van der Waals surface area contributed by atoms with Gasteiger partial charge in [-0.15, -0.1) is 0 Å². The van der Waals surface area contributed by atoms with Gasteiger partial charge in [-0.3, -0.25) is 0 Å². The molecule has 94 valence electrons. The van der Waals surface area contributed by atoms with Crippen LogP contribution in [0.25, 0.3) is 11.1 Å². The number of anilines is 1. The molecule has 0 bridgehead atoms. The standard InChI is InChI=1S/C14H16N2O2/c1-9-10(7-8-13(15)16-9)11-5-4-6-12(17-2)14(11)18-3/h4-8H,1-3H3,(H2,15,16). The molecule has 0 aliphatic carbocycles. The Bertz CT molecular complexity index is 568. The predicted molar refractivity (Wildman–Crippen MR) is 71.9 cm³/mol. The number of nitrogens with two attached hydrogens (primary N) is 1. The van der Waals surface area contributed by atoms with Crippen LogP contribution in [0, 0.1) is 6.92 Å². The number of hydrogen-bond donors (Lipinski definition) is 1. The number of para-hydroxylation sites is 1. The topological polar surface area (TPSA) is 57.4 Å². The molecule has 0 aliphatic rings. The minimum Gasteiger partial charge on any atom is -0.493 e. The predicted octanol–water partition coefficient (Wildman–Crippen LogP) is 2.66. The van der Waals surface area contributed by atoms with Gasteiger partial charge >= 0.3 is 0 Å². The number of rotatable bonds is 3. The number of ether oxygens (including phenoxy) is 2. The summed E-state index contributed by atoms with van der Waals surface area (Å²) in [6.45, 7) is 1.92. The number of aromatic nitrogens is 1. The summed E-state index contributed by atoms with van der Waals surface area (Å²) >= 11 is 0. The zero-order valence-corrected chi connectivity index (χ0v) is 10.7. The Morgan fingerprint density at radius 3 is 2.39 bits per heavy atom. The molecule has 1 heterocycles. The largest absolute Gasteiger partial charge is 0.493 e. The molecule has 0 radical (unpaired) electrons. The van der Waals surface area contributed by atoms with Crippen molar-refractivity contribution < 1.29 is 9.47 Å². The van der Waals surface area contributed by atoms with Crippen LogP contribution >= 0.6 is 0 Å². The molecule has 4 nitrogen and oxygen atoms in total. The van der Waals surface area contributed by atoms with E-state index in [1.807, 2.05) is 31.2 Å². The molecule has 2 rings (SSSR count). The van der Waals surface area contributed by atoms with Crippen molar-refractivity contribution in [3.05, 3.63) is 36.0 Å². The number of hydrogen-bond acceptors (Lipinski definition) is 4. The number of nitrogens with zero attached hydrogens (tertiary/aromatic N) is 1. The first-order valence-corrected chi connectivity index (χ1v) is 5.62. The van der Waals surface area contributed by atoms with E-state index in [9.17, 15) is 0 Å². The van der Waals surface area contributed by atoms with Crippen LogP contribution in [-0.4, -0.2) is 19.2 Å². The average molecular weight is 244 g/mol. The van der Waals surface area contributed by atoms with Gasteiger partial charge in [-0.05, 0) is 25.1 Å². The van der Waals surface area contributed by atoms with Crippen LogP contribution in [-0.2, 0) is 0 Å². The van der Waals surface area contributed by atoms with Crippen LogP contribution in [0.5, 0.6) is 11.5 Å². The first-order valence-electron chi connectivity index (χ1n) is 5.62. The molecule has 1 aromatic carbocycles. The molecule has 0 unspecified atom stereocenters. The molecular formula is C14H16N2O2. The van der Waals surface area contributed by atoms with Gasteiger partial charge in [-0.1, -0.05) is 12.1 Å². The van der Waals surface area contributed by atoms with Crippen molar-refractivity contribution in [3.63, 3.8) is 0 Å². The van der Waals surface area contributed by atoms with Crippen molar-refractivity contribution in [2.24, 2.45) is 0 Å². The summed E-state index contributed by atoms with van der Waals surface area (Å²) in [4.78, 5) is 4.26. The Balaban J connectivity index is 2.63. The van der Waals surface area contributed by atoms with Crippen LogP contribution in [0.2, 0.25) is 0 Å². The summed E-state index contributed by atoms with van der Waals surface area (Å²) in [6, 6.07) is 9.48. The molecule has 0 amide bonds. The van der Waals surface area contributed by atoms with Crippen LogP contribution < -0.4 is 15.2 Å². The van der Waals surface area contributed by atoms with Gasteiger partial charge in [0.2, 0.25) is 0 Å². The highest BCUT2D eigenvalue weighted by Crippen LogP contribution is 2.38. The highest BCUT2D eigenvalue weighted by molar-refractivity contribution is 5.75. The van der Waals surface area contributed by atoms with Gasteiger partial charge in [0.25, 0.3) is 0 Å². The van der Waals surface area contributed by atoms with E-state index in [4.69, 9.17) is 15.2 Å². The van der Waals surface area contributed by atoms with Gasteiger partial charge in [0, 0.05) is 16.8 Å². The smallest absolute Gasteiger partial charge is 0.168 e. The number of nitrogen functional groups attached to an aromatic ring is 1. The first kappa shape index (κ1) is 12.2. The maximum Gasteiger partial charge on any atom is 0.168 e. The molecule has 0 aliphatic heterocycles. The molecule has 18 heavy (non-hydrogen) atoms. The van der Waals surface area contributed by atoms with Crippen molar-refractivity contribution >= 4 is 5.82 Å². The van der Waals surface area contributed by atoms with E-state index in [1.54, 1.807) is 20.3 Å². The van der Waals surface area contributed by atoms with Crippen LogP contribution in [0.15, 0.2) is 30.3 Å². The van der Waals surface area contributed by atoms with E-state index in [0.717, 1.165) is 16.8 Å². The highest BCUT2D eigenvalue weighted by Gasteiger charge is 2.13. The molecule has 4 heteroatoms. The van der Waals surface area contributed by atoms with Crippen LogP contribution in [0.4, 0.5) is 5.82 Å². The lowest BCUT2D eigenvalue weighted by Gasteiger charge is -2.14. The van der Waals surface area contributed by atoms with Crippen LogP contribution in [0.1, 0.15) is 5.69 Å². The minimum atomic E-state index is 0.512. The average Bonchev–Trinajstić information content (AvgIpc) is 2.37. The Labute approximate surface area is 106 Å². The summed E-state index contributed by atoms with van der Waals surface area (Å²) in [7, 11) is 3.25. The third-order valence-electron chi connectivity index (χ3n) is 2.80. The zero-order chi connectivity index (χ0) is 13.1. The van der Waals surface area contributed by atoms with E-state index in [1.165, 1.54) is 0 Å². The van der Waals surface area contributed by atoms with Crippen molar-refractivity contribution in [1.29, 1.82) is 0 Å². The van der Waals surface area contributed by atoms with Crippen LogP contribution in [0.3, 0.4) is 0 Å². The van der Waals surface area contributed by atoms with Gasteiger partial charge in [0.1, 0.15) is 5.82 Å². The van der Waals surface area contributed by atoms with Gasteiger partial charge < -0.3 is 15.2 Å². The molecule has 0 saturated carbocycles. The second-order valence-corrected chi connectivity index (χ2v) is 3.91. The van der Waals surface area contributed by atoms with E-state index >= 15 is 0 Å². The summed E-state index contributed by atoms with van der Waals surface area (Å²) in [5, 5.41) is 0. The normalized spacial score (nSPS) is 10.2. The molecule has 0 spiro atoms. The number of aryl methyl sites for hydroxylation is 1. The molecule has 2 aromatic rings. The lowest BCUT2D eigenvalue weighted by atomic mass is 10.0. The maximum atomic E-state index is 5.67. The summed E-state index contributed by atoms with van der Waals surface area (Å²) in [5.41, 5.74) is 8.46. The van der Waals surface area contributed by atoms with Crippen molar-refractivity contribution in [2.75, 3.05) is 20.0 Å². The van der Waals surface area contributed by atoms with Gasteiger partial charge in [-0.25, -0.2) is 4.98 Å². The number of benzene rings is 1. The third kappa shape index (κ3) is 2.09. The summed E-state index contributed by atoms with van der Waals surface area (Å²) in [5.74, 6) is 1.92. The quantitative estimate of drug-likeness (QED) is 0.901. The monoisotopic (exact) mass is 244 g/mol. The fourth-order valence-electron chi connectivity index (χ4n) is 1.96. The highest BCUT2D eigenvalue weighted by atomic mass is 16.5. The second kappa shape index (κ2) is 4.96. The maximum absolute atomic E-state index is 5.67. The van der Waals surface area contributed by atoms with Crippen molar-refractivity contribution in [3.8, 4) is 22.6 Å². The van der Waals surface area contributed by atoms with E-state index in [-0.39, 0.29) is 0 Å². The summed E-state index contributed by atoms with van der Waals surface area (Å²) < 4.78 is 10.7. The Morgan fingerprint density at radius 1 is 1.00 bits per heavy atom. The minimum absolute atomic E-state index is 0.512. The molecule has 0 atom stereocenters. The zero-order valence-electron chi connectivity index (χ0n) is 10.7. The molecule has 0 saturated heterocycles. The number of methoxy groups -OCH3 is 2. The van der Waals surface area contributed by atoms with E-state index in [2.05, 4.69) is 4.98 Å². The molecular weight excluding hydrogens is 228 g/mol. The van der Waals surface area contributed by atoms with E-state index < -0.39 is 0 Å². The molecule has 2 N–H and O–H groups in total. The fraction of sp³-hybridized carbons (Fsp3) is 0.214. The number of pyridine rings is 1. The first-order chi connectivity index (χ1) is 8.67. The lowest BCUT2D eigenvalue weighted by Crippen LogP contribution is -1.97. The summed E-state index contributed by atoms with van der Waals surface area (Å²) in [6.07, 6.45) is 0. The third-order valence-corrected chi connectivity index (χ3v) is 2.80. The molecule has 0 fully saturated rings. The Morgan fingerprint density at radius 2 is 1.78 bits per heavy atom. The van der Waals surface area contributed by atoms with Gasteiger partial charge in [-0.2, -0.15) is 0 Å². The molecule has 1 aromatic heterocycles. The SMILES string of the molecule is COc1cccc(-c2ccc(N)nc2C)c1OC. The van der Waals surface area contributed by atoms with Gasteiger partial charge in [0.05, 0.1) is 14.2 Å². The fourth-order valence-corrected chi connectivity index (χ4v) is 1.96. The van der Waals surface area contributed by atoms with Crippen molar-refractivity contribution in [2.45, 2.75) is 6.92 Å². The Hall–Kier alpha value is -2.23. The lowest BCUT2D eigenvalue weighted by molar-refractivity contribution is 0.356. The second-order valence-electron chi connectivity index (χ2n) is 3.91. The Kier molecular flexibility index (Phi) is 3.37.